The number of anilines is 2. The summed E-state index contributed by atoms with van der Waals surface area (Å²) >= 11 is 3.33. The number of esters is 2. The third-order valence-electron chi connectivity index (χ3n) is 4.56. The van der Waals surface area contributed by atoms with Gasteiger partial charge in [-0.05, 0) is 46.1 Å². The lowest BCUT2D eigenvalue weighted by Crippen LogP contribution is -2.23. The molecule has 1 atom stereocenters. The molecule has 2 heterocycles. The molecular weight excluding hydrogens is 488 g/mol. The normalized spacial score (nSPS) is 13.8. The number of nitrogens with zero attached hydrogens (tertiary/aromatic N) is 2. The quantitative estimate of drug-likeness (QED) is 0.277. The van der Waals surface area contributed by atoms with Gasteiger partial charge in [0.1, 0.15) is 9.88 Å². The van der Waals surface area contributed by atoms with Crippen LogP contribution in [-0.2, 0) is 19.1 Å². The lowest BCUT2D eigenvalue weighted by atomic mass is 10.1. The van der Waals surface area contributed by atoms with Crippen LogP contribution in [0, 0.1) is 12.8 Å². The number of aromatic nitrogens is 2. The zero-order chi connectivity index (χ0) is 24.1. The van der Waals surface area contributed by atoms with Gasteiger partial charge in [-0.2, -0.15) is 0 Å². The first-order valence-electron chi connectivity index (χ1n) is 10.3. The van der Waals surface area contributed by atoms with Gasteiger partial charge >= 0.3 is 11.9 Å². The van der Waals surface area contributed by atoms with Gasteiger partial charge in [0.15, 0.2) is 4.34 Å². The van der Waals surface area contributed by atoms with Crippen molar-refractivity contribution in [1.82, 2.24) is 10.2 Å². The number of carbonyl (C=O) groups excluding carboxylic acids is 4. The Balaban J connectivity index is 1.70. The molecule has 3 rings (SSSR count). The summed E-state index contributed by atoms with van der Waals surface area (Å²) in [5.74, 6) is -1.59. The first kappa shape index (κ1) is 25.1. The maximum absolute atomic E-state index is 12.8. The number of ether oxygens (including phenoxy) is 2. The van der Waals surface area contributed by atoms with Gasteiger partial charge in [0.25, 0.3) is 0 Å². The van der Waals surface area contributed by atoms with Gasteiger partial charge in [0, 0.05) is 5.92 Å². The smallest absolute Gasteiger partial charge is 0.348 e. The average molecular weight is 513 g/mol. The van der Waals surface area contributed by atoms with Gasteiger partial charge in [0.05, 0.1) is 24.0 Å². The van der Waals surface area contributed by atoms with E-state index in [0.717, 1.165) is 24.2 Å². The number of hydrogen-bond donors (Lipinski definition) is 2. The van der Waals surface area contributed by atoms with E-state index in [0.29, 0.717) is 15.0 Å². The molecule has 0 bridgehead atoms. The van der Waals surface area contributed by atoms with E-state index in [1.165, 1.54) is 23.1 Å². The van der Waals surface area contributed by atoms with Crippen LogP contribution in [0.4, 0.5) is 10.1 Å². The molecule has 13 heteroatoms. The van der Waals surface area contributed by atoms with Crippen LogP contribution in [0.2, 0.25) is 0 Å². The summed E-state index contributed by atoms with van der Waals surface area (Å²) < 4.78 is 10.7. The Kier molecular flexibility index (Phi) is 8.43. The maximum Gasteiger partial charge on any atom is 0.348 e. The molecule has 1 unspecified atom stereocenters. The van der Waals surface area contributed by atoms with Gasteiger partial charge in [-0.15, -0.1) is 21.5 Å². The Morgan fingerprint density at radius 3 is 2.36 bits per heavy atom. The molecule has 2 N–H and O–H groups in total. The van der Waals surface area contributed by atoms with Crippen LogP contribution in [0.3, 0.4) is 0 Å². The molecule has 0 aromatic carbocycles. The van der Waals surface area contributed by atoms with Crippen LogP contribution in [-0.4, -0.2) is 52.4 Å². The third kappa shape index (κ3) is 6.30. The number of amides is 2. The van der Waals surface area contributed by atoms with Crippen LogP contribution in [0.1, 0.15) is 59.2 Å². The molecule has 2 aromatic rings. The predicted molar refractivity (Wildman–Crippen MR) is 126 cm³/mol. The number of rotatable bonds is 10. The van der Waals surface area contributed by atoms with Crippen LogP contribution >= 0.6 is 34.4 Å². The van der Waals surface area contributed by atoms with Crippen molar-refractivity contribution in [2.24, 2.45) is 5.92 Å². The summed E-state index contributed by atoms with van der Waals surface area (Å²) in [7, 11) is 0. The average Bonchev–Trinajstić information content (AvgIpc) is 3.45. The summed E-state index contributed by atoms with van der Waals surface area (Å²) in [5.41, 5.74) is 0.532. The van der Waals surface area contributed by atoms with Crippen molar-refractivity contribution >= 4 is 68.3 Å². The number of carbonyl (C=O) groups is 4. The van der Waals surface area contributed by atoms with Crippen LogP contribution in [0.5, 0.6) is 0 Å². The van der Waals surface area contributed by atoms with Gasteiger partial charge < -0.3 is 20.1 Å². The van der Waals surface area contributed by atoms with E-state index in [2.05, 4.69) is 20.8 Å². The Hall–Kier alpha value is -2.51. The minimum absolute atomic E-state index is 0.0528. The Bertz CT molecular complexity index is 1060. The number of thiophene rings is 1. The molecule has 0 radical (unpaired) electrons. The van der Waals surface area contributed by atoms with Crippen molar-refractivity contribution in [1.29, 1.82) is 0 Å². The van der Waals surface area contributed by atoms with E-state index >= 15 is 0 Å². The van der Waals surface area contributed by atoms with E-state index in [4.69, 9.17) is 9.47 Å². The molecule has 2 aromatic heterocycles. The predicted octanol–water partition coefficient (Wildman–Crippen LogP) is 3.73. The number of nitrogens with one attached hydrogen (secondary N) is 2. The summed E-state index contributed by atoms with van der Waals surface area (Å²) in [4.78, 5) is 49.7. The van der Waals surface area contributed by atoms with Crippen molar-refractivity contribution < 1.29 is 28.7 Å². The fourth-order valence-electron chi connectivity index (χ4n) is 2.72. The molecule has 10 nitrogen and oxygen atoms in total. The highest BCUT2D eigenvalue weighted by atomic mass is 32.2. The lowest BCUT2D eigenvalue weighted by Gasteiger charge is -2.10. The highest BCUT2D eigenvalue weighted by Crippen LogP contribution is 2.36. The van der Waals surface area contributed by atoms with Crippen molar-refractivity contribution in [3.8, 4) is 0 Å². The van der Waals surface area contributed by atoms with Crippen LogP contribution < -0.4 is 10.6 Å². The highest BCUT2D eigenvalue weighted by molar-refractivity contribution is 8.02. The summed E-state index contributed by atoms with van der Waals surface area (Å²) in [6.07, 6.45) is 1.77. The van der Waals surface area contributed by atoms with E-state index in [-0.39, 0.29) is 46.4 Å². The minimum atomic E-state index is -0.627. The van der Waals surface area contributed by atoms with Gasteiger partial charge in [-0.25, -0.2) is 9.59 Å². The third-order valence-corrected chi connectivity index (χ3v) is 7.77. The second-order valence-electron chi connectivity index (χ2n) is 7.09. The zero-order valence-electron chi connectivity index (χ0n) is 18.6. The largest absolute Gasteiger partial charge is 0.462 e. The lowest BCUT2D eigenvalue weighted by molar-refractivity contribution is -0.117. The van der Waals surface area contributed by atoms with Crippen LogP contribution in [0.15, 0.2) is 4.34 Å². The second kappa shape index (κ2) is 11.1. The second-order valence-corrected chi connectivity index (χ2v) is 10.7. The molecule has 33 heavy (non-hydrogen) atoms. The first-order valence-corrected chi connectivity index (χ1v) is 12.9. The van der Waals surface area contributed by atoms with Crippen molar-refractivity contribution in [3.05, 3.63) is 16.0 Å². The van der Waals surface area contributed by atoms with Crippen molar-refractivity contribution in [2.45, 2.75) is 50.1 Å². The highest BCUT2D eigenvalue weighted by Gasteiger charge is 2.31. The van der Waals surface area contributed by atoms with Crippen LogP contribution in [0.25, 0.3) is 0 Å². The monoisotopic (exact) mass is 512 g/mol. The van der Waals surface area contributed by atoms with Crippen molar-refractivity contribution in [2.75, 3.05) is 23.8 Å². The summed E-state index contributed by atoms with van der Waals surface area (Å²) in [6, 6.07) is 0. The fourth-order valence-corrected chi connectivity index (χ4v) is 5.71. The summed E-state index contributed by atoms with van der Waals surface area (Å²) in [6.45, 7) is 6.99. The standard InChI is InChI=1S/C20H24N4O6S3/c1-5-29-17(27)12-9(3)13(18(28)30-6-2)32-16(12)21-14(25)10(4)31-20-24-23-19(33-20)22-15(26)11-7-8-11/h10-11H,5-8H2,1-4H3,(H,21,25)(H,22,23,26). The summed E-state index contributed by atoms with van der Waals surface area (Å²) in [5, 5.41) is 13.4. The SMILES string of the molecule is CCOC(=O)c1sc(NC(=O)C(C)Sc2nnc(NC(=O)C3CC3)s2)c(C(=O)OCC)c1C. The molecule has 178 valence electrons. The molecule has 1 aliphatic rings. The Morgan fingerprint density at radius 1 is 1.06 bits per heavy atom. The number of thioether (sulfide) groups is 1. The van der Waals surface area contributed by atoms with E-state index in [1.54, 1.807) is 27.7 Å². The molecule has 1 fully saturated rings. The molecule has 0 spiro atoms. The molecular formula is C20H24N4O6S3. The first-order chi connectivity index (χ1) is 15.7. The van der Waals surface area contributed by atoms with E-state index in [1.807, 2.05) is 0 Å². The molecule has 1 aliphatic carbocycles. The zero-order valence-corrected chi connectivity index (χ0v) is 21.0. The molecule has 0 aliphatic heterocycles. The molecule has 0 saturated heterocycles. The fraction of sp³-hybridized carbons (Fsp3) is 0.500. The maximum atomic E-state index is 12.8. The van der Waals surface area contributed by atoms with Gasteiger partial charge in [-0.1, -0.05) is 23.1 Å². The van der Waals surface area contributed by atoms with Crippen molar-refractivity contribution in [3.63, 3.8) is 0 Å². The van der Waals surface area contributed by atoms with Gasteiger partial charge in [0.2, 0.25) is 16.9 Å². The number of hydrogen-bond acceptors (Lipinski definition) is 11. The Morgan fingerprint density at radius 2 is 1.73 bits per heavy atom. The van der Waals surface area contributed by atoms with E-state index in [9.17, 15) is 19.2 Å². The van der Waals surface area contributed by atoms with Gasteiger partial charge in [-0.3, -0.25) is 9.59 Å². The minimum Gasteiger partial charge on any atom is -0.462 e. The Labute approximate surface area is 202 Å². The van der Waals surface area contributed by atoms with E-state index < -0.39 is 17.2 Å². The topological polar surface area (TPSA) is 137 Å². The molecule has 2 amide bonds. The molecule has 1 saturated carbocycles.